The van der Waals surface area contributed by atoms with Gasteiger partial charge in [-0.2, -0.15) is 16.5 Å². The molecule has 2 rings (SSSR count). The van der Waals surface area contributed by atoms with Crippen LogP contribution in [-0.4, -0.2) is 51.5 Å². The lowest BCUT2D eigenvalue weighted by molar-refractivity contribution is -0.130. The average Bonchev–Trinajstić information content (AvgIpc) is 2.68. The molecule has 3 N–H and O–H groups in total. The van der Waals surface area contributed by atoms with Gasteiger partial charge in [-0.3, -0.25) is 20.4 Å². The summed E-state index contributed by atoms with van der Waals surface area (Å²) in [5.74, 6) is 0.531. The van der Waals surface area contributed by atoms with Gasteiger partial charge in [0.05, 0.1) is 4.90 Å². The monoisotopic (exact) mass is 445 g/mol. The van der Waals surface area contributed by atoms with E-state index < -0.39 is 22.0 Å². The Bertz CT molecular complexity index is 829. The largest absolute Gasteiger partial charge is 0.486 e. The predicted octanol–water partition coefficient (Wildman–Crippen LogP) is 1.05. The van der Waals surface area contributed by atoms with Gasteiger partial charge in [-0.15, -0.1) is 0 Å². The first-order valence-corrected chi connectivity index (χ1v) is 12.1. The van der Waals surface area contributed by atoms with Gasteiger partial charge in [0.2, 0.25) is 15.9 Å². The molecular formula is C18H27N3O6S2. The van der Waals surface area contributed by atoms with Crippen LogP contribution in [0, 0.1) is 5.92 Å². The van der Waals surface area contributed by atoms with E-state index in [-0.39, 0.29) is 29.6 Å². The van der Waals surface area contributed by atoms with E-state index in [1.165, 1.54) is 30.0 Å². The number of rotatable bonds is 9. The van der Waals surface area contributed by atoms with E-state index in [9.17, 15) is 18.0 Å². The highest BCUT2D eigenvalue weighted by Gasteiger charge is 2.27. The Morgan fingerprint density at radius 1 is 1.14 bits per heavy atom. The summed E-state index contributed by atoms with van der Waals surface area (Å²) in [7, 11) is -3.99. The molecule has 1 heterocycles. The van der Waals surface area contributed by atoms with Gasteiger partial charge in [0.25, 0.3) is 5.91 Å². The van der Waals surface area contributed by atoms with Crippen LogP contribution in [0.2, 0.25) is 0 Å². The van der Waals surface area contributed by atoms with Gasteiger partial charge in [0.1, 0.15) is 19.3 Å². The summed E-state index contributed by atoms with van der Waals surface area (Å²) in [5.41, 5.74) is 4.62. The Labute approximate surface area is 175 Å². The Hall–Kier alpha value is -1.98. The number of hydrogen-bond acceptors (Lipinski definition) is 7. The van der Waals surface area contributed by atoms with E-state index in [2.05, 4.69) is 15.6 Å². The smallest absolute Gasteiger partial charge is 0.256 e. The molecule has 0 aromatic heterocycles. The molecule has 29 heavy (non-hydrogen) atoms. The number of ether oxygens (including phenoxy) is 2. The topological polar surface area (TPSA) is 123 Å². The van der Waals surface area contributed by atoms with Crippen molar-refractivity contribution in [3.8, 4) is 11.5 Å². The van der Waals surface area contributed by atoms with Crippen LogP contribution in [0.5, 0.6) is 11.5 Å². The van der Waals surface area contributed by atoms with E-state index >= 15 is 0 Å². The minimum absolute atomic E-state index is 0.0347. The molecule has 0 saturated carbocycles. The second kappa shape index (κ2) is 10.7. The lowest BCUT2D eigenvalue weighted by atomic mass is 10.1. The van der Waals surface area contributed by atoms with Crippen LogP contribution < -0.4 is 25.0 Å². The Morgan fingerprint density at radius 3 is 2.48 bits per heavy atom. The Balaban J connectivity index is 2.09. The van der Waals surface area contributed by atoms with Crippen molar-refractivity contribution >= 4 is 33.6 Å². The summed E-state index contributed by atoms with van der Waals surface area (Å²) >= 11 is 1.48. The van der Waals surface area contributed by atoms with Crippen LogP contribution in [0.25, 0.3) is 0 Å². The molecule has 1 aliphatic rings. The highest BCUT2D eigenvalue weighted by Crippen LogP contribution is 2.32. The third-order valence-corrected chi connectivity index (χ3v) is 6.08. The quantitative estimate of drug-likeness (QED) is 0.486. The normalized spacial score (nSPS) is 14.3. The fourth-order valence-corrected chi connectivity index (χ4v) is 4.28. The molecule has 0 spiro atoms. The number of sulfonamides is 1. The van der Waals surface area contributed by atoms with Crippen molar-refractivity contribution in [2.24, 2.45) is 5.92 Å². The van der Waals surface area contributed by atoms with Crippen molar-refractivity contribution in [2.75, 3.05) is 25.2 Å². The van der Waals surface area contributed by atoms with Crippen LogP contribution in [0.15, 0.2) is 23.1 Å². The molecule has 0 fully saturated rings. The number of fused-ring (bicyclic) bond motifs is 1. The minimum Gasteiger partial charge on any atom is -0.486 e. The lowest BCUT2D eigenvalue weighted by Crippen LogP contribution is -2.52. The van der Waals surface area contributed by atoms with Gasteiger partial charge in [0, 0.05) is 12.5 Å². The summed E-state index contributed by atoms with van der Waals surface area (Å²) in [6, 6.07) is 3.24. The Kier molecular flexibility index (Phi) is 8.60. The van der Waals surface area contributed by atoms with E-state index in [1.807, 2.05) is 20.1 Å². The fourth-order valence-electron chi connectivity index (χ4n) is 2.57. The molecule has 0 bridgehead atoms. The molecule has 1 atom stereocenters. The van der Waals surface area contributed by atoms with Crippen molar-refractivity contribution in [1.29, 1.82) is 0 Å². The van der Waals surface area contributed by atoms with Gasteiger partial charge in [-0.1, -0.05) is 13.8 Å². The maximum Gasteiger partial charge on any atom is 0.256 e. The number of hydrogen-bond donors (Lipinski definition) is 3. The second-order valence-corrected chi connectivity index (χ2v) is 9.60. The molecule has 9 nitrogen and oxygen atoms in total. The van der Waals surface area contributed by atoms with Gasteiger partial charge in [-0.05, 0) is 36.5 Å². The van der Waals surface area contributed by atoms with Crippen molar-refractivity contribution < 1.29 is 27.5 Å². The molecule has 1 aliphatic heterocycles. The zero-order valence-electron chi connectivity index (χ0n) is 16.7. The predicted molar refractivity (Wildman–Crippen MR) is 110 cm³/mol. The SMILES string of the molecule is CSCCC(NS(=O)(=O)c1ccc2c(c1)OCCO2)C(=O)NNC(=O)CC(C)C. The third-order valence-electron chi connectivity index (χ3n) is 3.97. The van der Waals surface area contributed by atoms with E-state index in [0.717, 1.165) is 0 Å². The molecule has 0 radical (unpaired) electrons. The lowest BCUT2D eigenvalue weighted by Gasteiger charge is -2.21. The fraction of sp³-hybridized carbons (Fsp3) is 0.556. The van der Waals surface area contributed by atoms with E-state index in [1.54, 1.807) is 0 Å². The average molecular weight is 446 g/mol. The molecule has 1 aromatic carbocycles. The molecule has 1 aromatic rings. The summed E-state index contributed by atoms with van der Waals surface area (Å²) < 4.78 is 38.8. The molecule has 0 aliphatic carbocycles. The number of hydrazine groups is 1. The van der Waals surface area contributed by atoms with Crippen molar-refractivity contribution in [3.05, 3.63) is 18.2 Å². The maximum absolute atomic E-state index is 12.8. The second-order valence-electron chi connectivity index (χ2n) is 6.90. The van der Waals surface area contributed by atoms with Crippen LogP contribution in [0.4, 0.5) is 0 Å². The number of carbonyl (C=O) groups is 2. The summed E-state index contributed by atoms with van der Waals surface area (Å²) in [6.07, 6.45) is 2.37. The number of amides is 2. The van der Waals surface area contributed by atoms with Crippen molar-refractivity contribution in [3.63, 3.8) is 0 Å². The summed E-state index contributed by atoms with van der Waals surface area (Å²) in [6.45, 7) is 4.49. The zero-order chi connectivity index (χ0) is 21.4. The summed E-state index contributed by atoms with van der Waals surface area (Å²) in [5, 5.41) is 0. The molecule has 1 unspecified atom stereocenters. The zero-order valence-corrected chi connectivity index (χ0v) is 18.3. The van der Waals surface area contributed by atoms with Gasteiger partial charge in [-0.25, -0.2) is 8.42 Å². The number of benzene rings is 1. The van der Waals surface area contributed by atoms with Crippen LogP contribution >= 0.6 is 11.8 Å². The first-order valence-electron chi connectivity index (χ1n) is 9.22. The molecule has 2 amide bonds. The minimum atomic E-state index is -3.99. The van der Waals surface area contributed by atoms with Crippen molar-refractivity contribution in [2.45, 2.75) is 37.6 Å². The highest BCUT2D eigenvalue weighted by molar-refractivity contribution is 7.98. The van der Waals surface area contributed by atoms with Crippen LogP contribution in [-0.2, 0) is 19.6 Å². The van der Waals surface area contributed by atoms with Gasteiger partial charge < -0.3 is 9.47 Å². The first kappa shape index (κ1) is 23.3. The van der Waals surface area contributed by atoms with E-state index in [0.29, 0.717) is 30.5 Å². The number of carbonyl (C=O) groups excluding carboxylic acids is 2. The van der Waals surface area contributed by atoms with Crippen LogP contribution in [0.1, 0.15) is 26.7 Å². The maximum atomic E-state index is 12.8. The first-order chi connectivity index (χ1) is 13.7. The molecule has 162 valence electrons. The third kappa shape index (κ3) is 7.09. The summed E-state index contributed by atoms with van der Waals surface area (Å²) in [4.78, 5) is 24.2. The van der Waals surface area contributed by atoms with E-state index in [4.69, 9.17) is 9.47 Å². The highest BCUT2D eigenvalue weighted by atomic mass is 32.2. The number of nitrogens with one attached hydrogen (secondary N) is 3. The van der Waals surface area contributed by atoms with Gasteiger partial charge >= 0.3 is 0 Å². The van der Waals surface area contributed by atoms with Crippen molar-refractivity contribution in [1.82, 2.24) is 15.6 Å². The molecule has 11 heteroatoms. The van der Waals surface area contributed by atoms with Crippen LogP contribution in [0.3, 0.4) is 0 Å². The number of thioether (sulfide) groups is 1. The van der Waals surface area contributed by atoms with Gasteiger partial charge in [0.15, 0.2) is 11.5 Å². The Morgan fingerprint density at radius 2 is 1.83 bits per heavy atom. The standard InChI is InChI=1S/C18H27N3O6S2/c1-12(2)10-17(22)19-20-18(23)14(6-9-28-3)21-29(24,25)13-4-5-15-16(11-13)27-8-7-26-15/h4-5,11-12,14,21H,6-10H2,1-3H3,(H,19,22)(H,20,23). The molecular weight excluding hydrogens is 418 g/mol. The molecule has 0 saturated heterocycles.